The van der Waals surface area contributed by atoms with Crippen molar-refractivity contribution in [3.05, 3.63) is 45.7 Å². The molecule has 0 spiro atoms. The van der Waals surface area contributed by atoms with E-state index in [1.54, 1.807) is 25.1 Å². The molecular weight excluding hydrogens is 292 g/mol. The summed E-state index contributed by atoms with van der Waals surface area (Å²) in [5.41, 5.74) is 8.22. The van der Waals surface area contributed by atoms with E-state index in [2.05, 4.69) is 15.1 Å². The Morgan fingerprint density at radius 2 is 1.81 bits per heavy atom. The predicted molar refractivity (Wildman–Crippen MR) is 80.3 cm³/mol. The number of halogens is 1. The molecule has 110 valence electrons. The molecular formula is C14H15ClN4O2. The molecule has 2 rings (SSSR count). The fourth-order valence-electron chi connectivity index (χ4n) is 1.92. The van der Waals surface area contributed by atoms with Crippen LogP contribution in [0.5, 0.6) is 11.8 Å². The maximum Gasteiger partial charge on any atom is 0.322 e. The standard InChI is InChI=1S/C14H15ClN4O2/c1-7-4-10(15)5-8(2)12(7)21-14-17-9(3)6-11(18-14)13(16)19-20/h4-6,20H,1-3H3,(H2,16,19). The van der Waals surface area contributed by atoms with Crippen molar-refractivity contribution in [2.75, 3.05) is 0 Å². The van der Waals surface area contributed by atoms with Gasteiger partial charge in [-0.1, -0.05) is 16.8 Å². The van der Waals surface area contributed by atoms with Crippen molar-refractivity contribution < 1.29 is 9.94 Å². The van der Waals surface area contributed by atoms with Gasteiger partial charge >= 0.3 is 6.01 Å². The number of hydrogen-bond acceptors (Lipinski definition) is 5. The molecule has 1 heterocycles. The fourth-order valence-corrected chi connectivity index (χ4v) is 2.25. The lowest BCUT2D eigenvalue weighted by Gasteiger charge is -2.12. The second-order valence-electron chi connectivity index (χ2n) is 4.63. The number of nitrogens with zero attached hydrogens (tertiary/aromatic N) is 3. The lowest BCUT2D eigenvalue weighted by Crippen LogP contribution is -2.16. The third-order valence-electron chi connectivity index (χ3n) is 2.82. The van der Waals surface area contributed by atoms with Crippen LogP contribution in [0, 0.1) is 20.8 Å². The number of oxime groups is 1. The van der Waals surface area contributed by atoms with Crippen molar-refractivity contribution in [2.45, 2.75) is 20.8 Å². The van der Waals surface area contributed by atoms with Crippen molar-refractivity contribution >= 4 is 17.4 Å². The molecule has 6 nitrogen and oxygen atoms in total. The highest BCUT2D eigenvalue weighted by Gasteiger charge is 2.12. The molecule has 3 N–H and O–H groups in total. The molecule has 0 saturated carbocycles. The average molecular weight is 307 g/mol. The summed E-state index contributed by atoms with van der Waals surface area (Å²) in [4.78, 5) is 8.31. The second-order valence-corrected chi connectivity index (χ2v) is 5.07. The van der Waals surface area contributed by atoms with Crippen LogP contribution in [0.4, 0.5) is 0 Å². The monoisotopic (exact) mass is 306 g/mol. The van der Waals surface area contributed by atoms with Gasteiger partial charge in [0.2, 0.25) is 0 Å². The van der Waals surface area contributed by atoms with Gasteiger partial charge in [0.15, 0.2) is 5.84 Å². The molecule has 0 amide bonds. The average Bonchev–Trinajstić information content (AvgIpc) is 2.41. The van der Waals surface area contributed by atoms with Crippen LogP contribution in [-0.2, 0) is 0 Å². The second kappa shape index (κ2) is 5.97. The van der Waals surface area contributed by atoms with E-state index in [9.17, 15) is 0 Å². The molecule has 0 aliphatic heterocycles. The third-order valence-corrected chi connectivity index (χ3v) is 3.04. The number of hydrogen-bond donors (Lipinski definition) is 2. The van der Waals surface area contributed by atoms with E-state index in [-0.39, 0.29) is 11.8 Å². The van der Waals surface area contributed by atoms with Crippen molar-refractivity contribution in [1.29, 1.82) is 0 Å². The maximum atomic E-state index is 8.73. The van der Waals surface area contributed by atoms with Crippen LogP contribution in [0.25, 0.3) is 0 Å². The van der Waals surface area contributed by atoms with Crippen molar-refractivity contribution in [3.8, 4) is 11.8 Å². The minimum atomic E-state index is -0.102. The van der Waals surface area contributed by atoms with Crippen LogP contribution in [0.2, 0.25) is 5.02 Å². The first kappa shape index (κ1) is 15.1. The first-order valence-electron chi connectivity index (χ1n) is 6.19. The van der Waals surface area contributed by atoms with Crippen LogP contribution in [-0.4, -0.2) is 21.0 Å². The van der Waals surface area contributed by atoms with Gasteiger partial charge in [-0.25, -0.2) is 4.98 Å². The van der Waals surface area contributed by atoms with E-state index in [0.29, 0.717) is 22.2 Å². The molecule has 1 aromatic carbocycles. The van der Waals surface area contributed by atoms with Crippen molar-refractivity contribution in [2.24, 2.45) is 10.9 Å². The Morgan fingerprint density at radius 1 is 1.19 bits per heavy atom. The number of ether oxygens (including phenoxy) is 1. The van der Waals surface area contributed by atoms with E-state index < -0.39 is 0 Å². The first-order valence-corrected chi connectivity index (χ1v) is 6.56. The minimum Gasteiger partial charge on any atom is -0.424 e. The SMILES string of the molecule is Cc1cc(/C(N)=N/O)nc(Oc2c(C)cc(Cl)cc2C)n1. The molecule has 0 aliphatic carbocycles. The fraction of sp³-hybridized carbons (Fsp3) is 0.214. The van der Waals surface area contributed by atoms with E-state index in [0.717, 1.165) is 11.1 Å². The Kier molecular flexibility index (Phi) is 4.28. The zero-order chi connectivity index (χ0) is 15.6. The molecule has 2 aromatic rings. The molecule has 0 bridgehead atoms. The summed E-state index contributed by atoms with van der Waals surface area (Å²) >= 11 is 5.99. The summed E-state index contributed by atoms with van der Waals surface area (Å²) in [6.45, 7) is 5.53. The molecule has 0 atom stereocenters. The molecule has 0 radical (unpaired) electrons. The quantitative estimate of drug-likeness (QED) is 0.393. The lowest BCUT2D eigenvalue weighted by atomic mass is 10.1. The number of nitrogens with two attached hydrogens (primary N) is 1. The maximum absolute atomic E-state index is 8.73. The molecule has 7 heteroatoms. The Hall–Kier alpha value is -2.34. The molecule has 0 saturated heterocycles. The zero-order valence-electron chi connectivity index (χ0n) is 11.9. The summed E-state index contributed by atoms with van der Waals surface area (Å²) in [6, 6.07) is 5.32. The largest absolute Gasteiger partial charge is 0.424 e. The summed E-state index contributed by atoms with van der Waals surface area (Å²) in [5, 5.41) is 12.3. The molecule has 0 fully saturated rings. The number of aryl methyl sites for hydroxylation is 3. The van der Waals surface area contributed by atoms with E-state index in [4.69, 9.17) is 27.3 Å². The van der Waals surface area contributed by atoms with Gasteiger partial charge in [0.25, 0.3) is 0 Å². The summed E-state index contributed by atoms with van der Waals surface area (Å²) in [5.74, 6) is 0.533. The summed E-state index contributed by atoms with van der Waals surface area (Å²) in [7, 11) is 0. The minimum absolute atomic E-state index is 0.102. The number of aromatic nitrogens is 2. The van der Waals surface area contributed by atoms with Crippen LogP contribution >= 0.6 is 11.6 Å². The molecule has 1 aromatic heterocycles. The van der Waals surface area contributed by atoms with Gasteiger partial charge in [0, 0.05) is 10.7 Å². The number of amidine groups is 1. The van der Waals surface area contributed by atoms with Gasteiger partial charge < -0.3 is 15.7 Å². The van der Waals surface area contributed by atoms with Crippen LogP contribution in [0.1, 0.15) is 22.5 Å². The normalized spacial score (nSPS) is 11.5. The van der Waals surface area contributed by atoms with Gasteiger partial charge in [0.05, 0.1) is 0 Å². The van der Waals surface area contributed by atoms with E-state index >= 15 is 0 Å². The van der Waals surface area contributed by atoms with E-state index in [1.807, 2.05) is 13.8 Å². The zero-order valence-corrected chi connectivity index (χ0v) is 12.6. The van der Waals surface area contributed by atoms with Gasteiger partial charge in [-0.3, -0.25) is 0 Å². The summed E-state index contributed by atoms with van der Waals surface area (Å²) < 4.78 is 5.74. The topological polar surface area (TPSA) is 93.6 Å². The number of rotatable bonds is 3. The highest BCUT2D eigenvalue weighted by molar-refractivity contribution is 6.30. The molecule has 0 aliphatic rings. The lowest BCUT2D eigenvalue weighted by molar-refractivity contribution is 0.318. The van der Waals surface area contributed by atoms with Gasteiger partial charge in [-0.05, 0) is 50.1 Å². The Morgan fingerprint density at radius 3 is 2.38 bits per heavy atom. The Bertz CT molecular complexity index is 693. The Balaban J connectivity index is 2.43. The highest BCUT2D eigenvalue weighted by Crippen LogP contribution is 2.30. The van der Waals surface area contributed by atoms with Crippen molar-refractivity contribution in [1.82, 2.24) is 9.97 Å². The molecule has 21 heavy (non-hydrogen) atoms. The molecule has 0 unspecified atom stereocenters. The smallest absolute Gasteiger partial charge is 0.322 e. The van der Waals surface area contributed by atoms with Crippen LogP contribution < -0.4 is 10.5 Å². The van der Waals surface area contributed by atoms with Crippen LogP contribution in [0.3, 0.4) is 0 Å². The Labute approximate surface area is 127 Å². The summed E-state index contributed by atoms with van der Waals surface area (Å²) in [6.07, 6.45) is 0. The predicted octanol–water partition coefficient (Wildman–Crippen LogP) is 2.94. The number of benzene rings is 1. The van der Waals surface area contributed by atoms with Gasteiger partial charge in [-0.15, -0.1) is 0 Å². The first-order chi connectivity index (χ1) is 9.90. The third kappa shape index (κ3) is 3.41. The van der Waals surface area contributed by atoms with Crippen LogP contribution in [0.15, 0.2) is 23.4 Å². The van der Waals surface area contributed by atoms with Gasteiger partial charge in [-0.2, -0.15) is 4.98 Å². The van der Waals surface area contributed by atoms with E-state index in [1.165, 1.54) is 0 Å². The highest BCUT2D eigenvalue weighted by atomic mass is 35.5. The van der Waals surface area contributed by atoms with Crippen molar-refractivity contribution in [3.63, 3.8) is 0 Å². The van der Waals surface area contributed by atoms with Gasteiger partial charge in [0.1, 0.15) is 11.4 Å².